The average Bonchev–Trinajstić information content (AvgIpc) is 3.14. The summed E-state index contributed by atoms with van der Waals surface area (Å²) in [5.74, 6) is -0.0530. The van der Waals surface area contributed by atoms with Crippen LogP contribution in [0.2, 0.25) is 0 Å². The molecular formula is C17H13N3OS. The normalized spacial score (nSPS) is 11.1. The standard InChI is InChI=1S/C17H13N3OS/c21-17(16-8-14-15(22-16)5-6-18-14)20-10-11-7-12-3-1-2-4-13(12)19-9-11/h1-9,18H,10H2,(H,20,21). The van der Waals surface area contributed by atoms with Crippen molar-refractivity contribution in [2.24, 2.45) is 0 Å². The number of nitrogens with one attached hydrogen (secondary N) is 2. The van der Waals surface area contributed by atoms with Gasteiger partial charge in [-0.05, 0) is 29.8 Å². The SMILES string of the molecule is O=C(NCc1cnc2ccccc2c1)c1cc2[nH]ccc2s1. The summed E-state index contributed by atoms with van der Waals surface area (Å²) in [6.07, 6.45) is 3.69. The maximum Gasteiger partial charge on any atom is 0.261 e. The van der Waals surface area contributed by atoms with Gasteiger partial charge in [-0.25, -0.2) is 0 Å². The number of aromatic amines is 1. The molecule has 0 saturated heterocycles. The molecule has 0 aliphatic heterocycles. The van der Waals surface area contributed by atoms with Crippen molar-refractivity contribution in [3.63, 3.8) is 0 Å². The number of carbonyl (C=O) groups excluding carboxylic acids is 1. The van der Waals surface area contributed by atoms with Gasteiger partial charge in [-0.1, -0.05) is 18.2 Å². The summed E-state index contributed by atoms with van der Waals surface area (Å²) in [5.41, 5.74) is 2.96. The molecule has 3 aromatic heterocycles. The molecule has 4 aromatic rings. The van der Waals surface area contributed by atoms with Crippen LogP contribution in [0.25, 0.3) is 21.1 Å². The first-order valence-corrected chi connectivity index (χ1v) is 7.80. The van der Waals surface area contributed by atoms with Gasteiger partial charge in [0.25, 0.3) is 5.91 Å². The highest BCUT2D eigenvalue weighted by Gasteiger charge is 2.10. The van der Waals surface area contributed by atoms with Crippen LogP contribution in [0.3, 0.4) is 0 Å². The number of benzene rings is 1. The fourth-order valence-electron chi connectivity index (χ4n) is 2.44. The van der Waals surface area contributed by atoms with Gasteiger partial charge in [0.2, 0.25) is 0 Å². The van der Waals surface area contributed by atoms with E-state index in [0.29, 0.717) is 6.54 Å². The Bertz CT molecular complexity index is 942. The van der Waals surface area contributed by atoms with Gasteiger partial charge in [0.15, 0.2) is 0 Å². The number of nitrogens with zero attached hydrogens (tertiary/aromatic N) is 1. The number of aromatic nitrogens is 2. The van der Waals surface area contributed by atoms with E-state index in [1.54, 1.807) is 6.20 Å². The van der Waals surface area contributed by atoms with Crippen LogP contribution in [0, 0.1) is 0 Å². The van der Waals surface area contributed by atoms with E-state index in [-0.39, 0.29) is 5.91 Å². The molecule has 0 fully saturated rings. The summed E-state index contributed by atoms with van der Waals surface area (Å²) < 4.78 is 1.09. The number of H-pyrrole nitrogens is 1. The van der Waals surface area contributed by atoms with E-state index in [0.717, 1.165) is 31.6 Å². The first-order chi connectivity index (χ1) is 10.8. The maximum atomic E-state index is 12.2. The fourth-order valence-corrected chi connectivity index (χ4v) is 3.39. The highest BCUT2D eigenvalue weighted by molar-refractivity contribution is 7.20. The average molecular weight is 307 g/mol. The van der Waals surface area contributed by atoms with Gasteiger partial charge >= 0.3 is 0 Å². The molecular weight excluding hydrogens is 294 g/mol. The molecule has 5 heteroatoms. The van der Waals surface area contributed by atoms with Gasteiger partial charge in [0.1, 0.15) is 0 Å². The molecule has 0 saturated carbocycles. The Morgan fingerprint density at radius 2 is 2.14 bits per heavy atom. The maximum absolute atomic E-state index is 12.2. The summed E-state index contributed by atoms with van der Waals surface area (Å²) in [5, 5.41) is 4.03. The Labute approximate surface area is 130 Å². The molecule has 0 radical (unpaired) electrons. The van der Waals surface area contributed by atoms with Gasteiger partial charge in [-0.15, -0.1) is 11.3 Å². The summed E-state index contributed by atoms with van der Waals surface area (Å²) in [6, 6.07) is 13.9. The number of amides is 1. The largest absolute Gasteiger partial charge is 0.360 e. The molecule has 2 N–H and O–H groups in total. The number of thiophene rings is 1. The molecule has 3 heterocycles. The Morgan fingerprint density at radius 1 is 1.23 bits per heavy atom. The van der Waals surface area contributed by atoms with E-state index in [9.17, 15) is 4.79 Å². The van der Waals surface area contributed by atoms with E-state index in [1.165, 1.54) is 11.3 Å². The number of carbonyl (C=O) groups is 1. The first-order valence-electron chi connectivity index (χ1n) is 6.98. The van der Waals surface area contributed by atoms with Crippen LogP contribution in [-0.4, -0.2) is 15.9 Å². The lowest BCUT2D eigenvalue weighted by Gasteiger charge is -2.05. The summed E-state index contributed by atoms with van der Waals surface area (Å²) in [6.45, 7) is 0.475. The van der Waals surface area contributed by atoms with Crippen LogP contribution in [0.15, 0.2) is 54.9 Å². The Kier molecular flexibility index (Phi) is 3.12. The zero-order valence-electron chi connectivity index (χ0n) is 11.7. The molecule has 0 aliphatic rings. The van der Waals surface area contributed by atoms with Crippen LogP contribution in [0.5, 0.6) is 0 Å². The zero-order valence-corrected chi connectivity index (χ0v) is 12.5. The topological polar surface area (TPSA) is 57.8 Å². The molecule has 4 nitrogen and oxygen atoms in total. The van der Waals surface area contributed by atoms with Crippen LogP contribution in [0.1, 0.15) is 15.2 Å². The van der Waals surface area contributed by atoms with E-state index in [2.05, 4.69) is 21.4 Å². The lowest BCUT2D eigenvalue weighted by Crippen LogP contribution is -2.21. The molecule has 0 spiro atoms. The lowest BCUT2D eigenvalue weighted by molar-refractivity contribution is 0.0955. The van der Waals surface area contributed by atoms with Crippen molar-refractivity contribution in [3.05, 3.63) is 65.3 Å². The van der Waals surface area contributed by atoms with Crippen LogP contribution in [-0.2, 0) is 6.54 Å². The second kappa shape index (κ2) is 5.27. The van der Waals surface area contributed by atoms with E-state index in [1.807, 2.05) is 42.6 Å². The number of para-hydroxylation sites is 1. The van der Waals surface area contributed by atoms with Crippen molar-refractivity contribution in [1.82, 2.24) is 15.3 Å². The zero-order chi connectivity index (χ0) is 14.9. The molecule has 1 amide bonds. The number of hydrogen-bond donors (Lipinski definition) is 2. The van der Waals surface area contributed by atoms with Gasteiger partial charge in [0, 0.05) is 24.3 Å². The monoisotopic (exact) mass is 307 g/mol. The lowest BCUT2D eigenvalue weighted by atomic mass is 10.1. The second-order valence-electron chi connectivity index (χ2n) is 5.09. The quantitative estimate of drug-likeness (QED) is 0.606. The number of hydrogen-bond acceptors (Lipinski definition) is 3. The molecule has 22 heavy (non-hydrogen) atoms. The van der Waals surface area contributed by atoms with Crippen molar-refractivity contribution in [2.45, 2.75) is 6.54 Å². The molecule has 0 atom stereocenters. The number of pyridine rings is 1. The minimum absolute atomic E-state index is 0.0530. The predicted molar refractivity (Wildman–Crippen MR) is 89.1 cm³/mol. The van der Waals surface area contributed by atoms with Crippen LogP contribution < -0.4 is 5.32 Å². The third-order valence-corrected chi connectivity index (χ3v) is 4.66. The van der Waals surface area contributed by atoms with Crippen molar-refractivity contribution >= 4 is 38.4 Å². The third-order valence-electron chi connectivity index (χ3n) is 3.56. The van der Waals surface area contributed by atoms with Gasteiger partial charge in [-0.2, -0.15) is 0 Å². The van der Waals surface area contributed by atoms with Crippen molar-refractivity contribution in [2.75, 3.05) is 0 Å². The minimum Gasteiger partial charge on any atom is -0.360 e. The van der Waals surface area contributed by atoms with Crippen molar-refractivity contribution < 1.29 is 4.79 Å². The highest BCUT2D eigenvalue weighted by Crippen LogP contribution is 2.24. The minimum atomic E-state index is -0.0530. The Hall–Kier alpha value is -2.66. The number of fused-ring (bicyclic) bond motifs is 2. The Balaban J connectivity index is 1.50. The van der Waals surface area contributed by atoms with E-state index < -0.39 is 0 Å². The van der Waals surface area contributed by atoms with Crippen molar-refractivity contribution in [3.8, 4) is 0 Å². The van der Waals surface area contributed by atoms with Crippen molar-refractivity contribution in [1.29, 1.82) is 0 Å². The summed E-state index contributed by atoms with van der Waals surface area (Å²) >= 11 is 1.49. The van der Waals surface area contributed by atoms with Crippen LogP contribution in [0.4, 0.5) is 0 Å². The van der Waals surface area contributed by atoms with E-state index >= 15 is 0 Å². The molecule has 4 rings (SSSR count). The van der Waals surface area contributed by atoms with Crippen LogP contribution >= 0.6 is 11.3 Å². The van der Waals surface area contributed by atoms with Gasteiger partial charge < -0.3 is 10.3 Å². The van der Waals surface area contributed by atoms with Gasteiger partial charge in [0.05, 0.1) is 20.6 Å². The highest BCUT2D eigenvalue weighted by atomic mass is 32.1. The van der Waals surface area contributed by atoms with E-state index in [4.69, 9.17) is 0 Å². The Morgan fingerprint density at radius 3 is 3.05 bits per heavy atom. The second-order valence-corrected chi connectivity index (χ2v) is 6.17. The van der Waals surface area contributed by atoms with Gasteiger partial charge in [-0.3, -0.25) is 9.78 Å². The predicted octanol–water partition coefficient (Wildman–Crippen LogP) is 3.71. The third kappa shape index (κ3) is 2.35. The first kappa shape index (κ1) is 13.0. The number of rotatable bonds is 3. The molecule has 0 aliphatic carbocycles. The molecule has 108 valence electrons. The molecule has 0 unspecified atom stereocenters. The fraction of sp³-hybridized carbons (Fsp3) is 0.0588. The molecule has 1 aromatic carbocycles. The molecule has 0 bridgehead atoms. The summed E-state index contributed by atoms with van der Waals surface area (Å²) in [4.78, 5) is 20.4. The smallest absolute Gasteiger partial charge is 0.261 e. The summed E-state index contributed by atoms with van der Waals surface area (Å²) in [7, 11) is 0.